The van der Waals surface area contributed by atoms with E-state index in [-0.39, 0.29) is 42.1 Å². The summed E-state index contributed by atoms with van der Waals surface area (Å²) in [4.78, 5) is 42.7. The van der Waals surface area contributed by atoms with Gasteiger partial charge in [-0.1, -0.05) is 37.1 Å². The molecule has 144 valence electrons. The Bertz CT molecular complexity index is 569. The summed E-state index contributed by atoms with van der Waals surface area (Å²) in [7, 11) is 0. The average molecular weight is 384 g/mol. The summed E-state index contributed by atoms with van der Waals surface area (Å²) >= 11 is 1.22. The predicted molar refractivity (Wildman–Crippen MR) is 96.4 cm³/mol. The normalized spacial score (nSPS) is 25.0. The summed E-state index contributed by atoms with van der Waals surface area (Å²) in [5, 5.41) is 1.16. The minimum absolute atomic E-state index is 0.00412. The molecule has 2 aliphatic heterocycles. The molecule has 3 atom stereocenters. The Hall–Kier alpha value is -2.00. The molecule has 0 aromatic rings. The van der Waals surface area contributed by atoms with Crippen molar-refractivity contribution in [2.45, 2.75) is 24.6 Å². The van der Waals surface area contributed by atoms with Gasteiger partial charge in [0.15, 0.2) is 5.12 Å². The van der Waals surface area contributed by atoms with Crippen LogP contribution in [0.1, 0.15) is 13.3 Å². The molecule has 2 rings (SSSR count). The molecule has 26 heavy (non-hydrogen) atoms. The lowest BCUT2D eigenvalue weighted by Gasteiger charge is -2.27. The zero-order valence-corrected chi connectivity index (χ0v) is 15.6. The van der Waals surface area contributed by atoms with Crippen LogP contribution in [0.5, 0.6) is 0 Å². The Labute approximate surface area is 157 Å². The zero-order valence-electron chi connectivity index (χ0n) is 14.8. The summed E-state index contributed by atoms with van der Waals surface area (Å²) in [6, 6.07) is -0.179. The summed E-state index contributed by atoms with van der Waals surface area (Å²) in [6.45, 7) is 9.77. The molecule has 2 amide bonds. The second kappa shape index (κ2) is 9.63. The third-order valence-corrected chi connectivity index (χ3v) is 5.12. The fourth-order valence-corrected chi connectivity index (χ4v) is 4.08. The molecule has 0 unspecified atom stereocenters. The lowest BCUT2D eigenvalue weighted by Crippen LogP contribution is -2.42. The molecule has 2 heterocycles. The van der Waals surface area contributed by atoms with Gasteiger partial charge in [-0.3, -0.25) is 9.63 Å². The van der Waals surface area contributed by atoms with Crippen molar-refractivity contribution in [1.29, 1.82) is 0 Å². The van der Waals surface area contributed by atoms with Crippen molar-refractivity contribution < 1.29 is 28.7 Å². The number of hydrogen-bond donors (Lipinski definition) is 0. The van der Waals surface area contributed by atoms with E-state index in [1.807, 2.05) is 0 Å². The highest BCUT2D eigenvalue weighted by Gasteiger charge is 2.45. The molecule has 2 saturated heterocycles. The highest BCUT2D eigenvalue weighted by Crippen LogP contribution is 2.34. The molecule has 0 saturated carbocycles. The van der Waals surface area contributed by atoms with Gasteiger partial charge in [-0.2, -0.15) is 5.06 Å². The van der Waals surface area contributed by atoms with Gasteiger partial charge in [-0.05, 0) is 6.42 Å². The Balaban J connectivity index is 2.02. The lowest BCUT2D eigenvalue weighted by molar-refractivity contribution is -0.109. The fourth-order valence-electron chi connectivity index (χ4n) is 3.08. The van der Waals surface area contributed by atoms with Gasteiger partial charge in [0.2, 0.25) is 0 Å². The van der Waals surface area contributed by atoms with Crippen molar-refractivity contribution in [3.63, 3.8) is 0 Å². The van der Waals surface area contributed by atoms with Crippen LogP contribution < -0.4 is 0 Å². The molecular formula is C17H24N2O6S. The van der Waals surface area contributed by atoms with Gasteiger partial charge in [-0.15, -0.1) is 0 Å². The van der Waals surface area contributed by atoms with E-state index in [0.717, 1.165) is 5.06 Å². The maximum atomic E-state index is 12.4. The molecule has 0 aliphatic carbocycles. The second-order valence-electron chi connectivity index (χ2n) is 6.03. The van der Waals surface area contributed by atoms with Crippen LogP contribution in [0.2, 0.25) is 0 Å². The molecule has 9 heteroatoms. The topological polar surface area (TPSA) is 85.4 Å². The van der Waals surface area contributed by atoms with Crippen molar-refractivity contribution in [2.24, 2.45) is 5.92 Å². The fraction of sp³-hybridized carbons (Fsp3) is 0.588. The number of thioether (sulfide) groups is 1. The van der Waals surface area contributed by atoms with Gasteiger partial charge in [-0.25, -0.2) is 9.59 Å². The van der Waals surface area contributed by atoms with Crippen molar-refractivity contribution in [1.82, 2.24) is 9.96 Å². The quantitative estimate of drug-likeness (QED) is 0.649. The van der Waals surface area contributed by atoms with E-state index in [2.05, 4.69) is 13.2 Å². The van der Waals surface area contributed by atoms with Crippen LogP contribution in [-0.4, -0.2) is 71.5 Å². The van der Waals surface area contributed by atoms with Crippen molar-refractivity contribution in [3.8, 4) is 0 Å². The molecule has 2 aliphatic rings. The summed E-state index contributed by atoms with van der Waals surface area (Å²) in [5.74, 6) is -0.0832. The molecule has 0 bridgehead atoms. The number of amides is 2. The van der Waals surface area contributed by atoms with Crippen molar-refractivity contribution >= 4 is 29.1 Å². The van der Waals surface area contributed by atoms with E-state index in [1.54, 1.807) is 4.90 Å². The molecule has 0 aromatic carbocycles. The van der Waals surface area contributed by atoms with E-state index in [9.17, 15) is 14.4 Å². The van der Waals surface area contributed by atoms with E-state index in [0.29, 0.717) is 19.5 Å². The zero-order chi connectivity index (χ0) is 19.1. The van der Waals surface area contributed by atoms with Crippen LogP contribution >= 0.6 is 11.8 Å². The third-order valence-electron chi connectivity index (χ3n) is 4.11. The van der Waals surface area contributed by atoms with Crippen LogP contribution in [0.25, 0.3) is 0 Å². The predicted octanol–water partition coefficient (Wildman–Crippen LogP) is 2.22. The smallest absolute Gasteiger partial charge is 0.434 e. The van der Waals surface area contributed by atoms with Gasteiger partial charge in [0.1, 0.15) is 13.2 Å². The second-order valence-corrected chi connectivity index (χ2v) is 7.51. The van der Waals surface area contributed by atoms with Gasteiger partial charge in [0.25, 0.3) is 0 Å². The van der Waals surface area contributed by atoms with Crippen LogP contribution in [0.3, 0.4) is 0 Å². The monoisotopic (exact) mass is 384 g/mol. The molecule has 2 fully saturated rings. The molecular weight excluding hydrogens is 360 g/mol. The van der Waals surface area contributed by atoms with Gasteiger partial charge in [0, 0.05) is 30.7 Å². The number of hydrogen-bond acceptors (Lipinski definition) is 7. The first-order chi connectivity index (χ1) is 12.5. The average Bonchev–Trinajstić information content (AvgIpc) is 3.23. The van der Waals surface area contributed by atoms with Crippen LogP contribution in [0.15, 0.2) is 25.3 Å². The molecule has 0 N–H and O–H groups in total. The summed E-state index contributed by atoms with van der Waals surface area (Å²) < 4.78 is 10.1. The van der Waals surface area contributed by atoms with E-state index >= 15 is 0 Å². The number of hydroxylamine groups is 2. The number of likely N-dealkylation sites (tertiary alicyclic amines) is 1. The van der Waals surface area contributed by atoms with Crippen LogP contribution in [0, 0.1) is 5.92 Å². The lowest BCUT2D eigenvalue weighted by atomic mass is 9.99. The number of nitrogens with zero attached hydrogens (tertiary/aromatic N) is 2. The maximum Gasteiger partial charge on any atom is 0.434 e. The first-order valence-electron chi connectivity index (χ1n) is 8.35. The van der Waals surface area contributed by atoms with Crippen LogP contribution in [0.4, 0.5) is 9.59 Å². The first-order valence-corrected chi connectivity index (χ1v) is 9.23. The number of rotatable bonds is 6. The van der Waals surface area contributed by atoms with Crippen LogP contribution in [-0.2, 0) is 19.1 Å². The van der Waals surface area contributed by atoms with E-state index in [1.165, 1.54) is 30.8 Å². The van der Waals surface area contributed by atoms with Crippen molar-refractivity contribution in [2.75, 3.05) is 32.9 Å². The summed E-state index contributed by atoms with van der Waals surface area (Å²) in [6.07, 6.45) is 2.58. The Morgan fingerprint density at radius 3 is 2.42 bits per heavy atom. The van der Waals surface area contributed by atoms with E-state index in [4.69, 9.17) is 14.3 Å². The molecule has 8 nitrogen and oxygen atoms in total. The number of carbonyl (C=O) groups is 3. The van der Waals surface area contributed by atoms with Gasteiger partial charge in [0.05, 0.1) is 13.2 Å². The largest absolute Gasteiger partial charge is 0.445 e. The minimum atomic E-state index is -0.583. The minimum Gasteiger partial charge on any atom is -0.445 e. The SMILES string of the molecule is C=CCOC(=O)N1C[C@@H]([C@@H]2C[C@H](SC(C)=O)CN2C(=O)OCC=C)CO1. The number of ether oxygens (including phenoxy) is 2. The summed E-state index contributed by atoms with van der Waals surface area (Å²) in [5.41, 5.74) is 0. The molecule has 0 aromatic heterocycles. The Morgan fingerprint density at radius 1 is 1.15 bits per heavy atom. The number of carbonyl (C=O) groups excluding carboxylic acids is 3. The van der Waals surface area contributed by atoms with Crippen molar-refractivity contribution in [3.05, 3.63) is 25.3 Å². The highest BCUT2D eigenvalue weighted by atomic mass is 32.2. The molecule has 0 radical (unpaired) electrons. The molecule has 0 spiro atoms. The maximum absolute atomic E-state index is 12.4. The van der Waals surface area contributed by atoms with Gasteiger partial charge < -0.3 is 14.4 Å². The Kier molecular flexibility index (Phi) is 7.52. The van der Waals surface area contributed by atoms with Gasteiger partial charge >= 0.3 is 12.2 Å². The Morgan fingerprint density at radius 2 is 1.81 bits per heavy atom. The first kappa shape index (κ1) is 20.3. The van der Waals surface area contributed by atoms with E-state index < -0.39 is 12.2 Å². The standard InChI is InChI=1S/C17H24N2O6S/c1-4-6-23-16(21)18-10-14(26-12(3)20)8-15(18)13-9-19(25-11-13)17(22)24-7-5-2/h4-5,13-15H,1-2,6-11H2,3H3/t13-,14+,15+/m1/s1. The highest BCUT2D eigenvalue weighted by molar-refractivity contribution is 8.14. The third kappa shape index (κ3) is 5.25.